The van der Waals surface area contributed by atoms with Crippen LogP contribution in [0.5, 0.6) is 0 Å². The fraction of sp³-hybridized carbons (Fsp3) is 0.833. The number of nitro groups is 1. The van der Waals surface area contributed by atoms with Crippen LogP contribution < -0.4 is 0 Å². The molecule has 5 nitrogen and oxygen atoms in total. The average Bonchev–Trinajstić information content (AvgIpc) is 2.50. The van der Waals surface area contributed by atoms with Crippen molar-refractivity contribution in [1.29, 1.82) is 0 Å². The molecule has 0 aromatic heterocycles. The summed E-state index contributed by atoms with van der Waals surface area (Å²) in [5, 5.41) is 19.5. The topological polar surface area (TPSA) is 80.4 Å². The number of nitrogens with zero attached hydrogens (tertiary/aromatic N) is 1. The Hall–Kier alpha value is -1.39. The van der Waals surface area contributed by atoms with Crippen molar-refractivity contribution < 1.29 is 14.8 Å². The molecular weight excluding hydrogens is 294 g/mol. The molecular formula is C18H33NO4. The number of carbonyl (C=O) groups is 1. The third-order valence-corrected chi connectivity index (χ3v) is 4.11. The van der Waals surface area contributed by atoms with Gasteiger partial charge in [-0.1, -0.05) is 57.9 Å². The Kier molecular flexibility index (Phi) is 14.6. The Morgan fingerprint density at radius 3 is 2.04 bits per heavy atom. The highest BCUT2D eigenvalue weighted by atomic mass is 16.6. The van der Waals surface area contributed by atoms with Crippen LogP contribution in [-0.2, 0) is 4.79 Å². The summed E-state index contributed by atoms with van der Waals surface area (Å²) >= 11 is 0. The van der Waals surface area contributed by atoms with E-state index in [0.29, 0.717) is 12.8 Å². The summed E-state index contributed by atoms with van der Waals surface area (Å²) in [4.78, 5) is 21.2. The molecule has 0 heterocycles. The molecule has 0 aliphatic heterocycles. The second kappa shape index (κ2) is 15.5. The molecule has 5 heteroatoms. The molecule has 134 valence electrons. The van der Waals surface area contributed by atoms with Gasteiger partial charge in [-0.3, -0.25) is 10.1 Å². The molecule has 23 heavy (non-hydrogen) atoms. The molecule has 0 saturated carbocycles. The lowest BCUT2D eigenvalue weighted by Gasteiger charge is -2.09. The predicted octanol–water partition coefficient (Wildman–Crippen LogP) is 5.36. The van der Waals surface area contributed by atoms with E-state index >= 15 is 0 Å². The Bertz CT molecular complexity index is 342. The van der Waals surface area contributed by atoms with Gasteiger partial charge in [-0.2, -0.15) is 0 Å². The molecule has 0 bridgehead atoms. The minimum Gasteiger partial charge on any atom is -0.478 e. The average molecular weight is 327 g/mol. The molecule has 0 aliphatic rings. The standard InChI is InChI=1S/C18H33NO4/c1-2-3-4-5-8-11-14-17(19(22)23)15-12-9-6-7-10-13-16-18(20)21/h13,16-17H,2-12,14-15H2,1H3,(H,20,21). The predicted molar refractivity (Wildman–Crippen MR) is 93.3 cm³/mol. The van der Waals surface area contributed by atoms with Crippen molar-refractivity contribution >= 4 is 5.97 Å². The van der Waals surface area contributed by atoms with E-state index in [0.717, 1.165) is 44.9 Å². The number of aliphatic carboxylic acids is 1. The molecule has 0 aromatic rings. The van der Waals surface area contributed by atoms with Crippen LogP contribution in [0.3, 0.4) is 0 Å². The van der Waals surface area contributed by atoms with Gasteiger partial charge >= 0.3 is 5.97 Å². The first-order valence-corrected chi connectivity index (χ1v) is 9.10. The highest BCUT2D eigenvalue weighted by Crippen LogP contribution is 2.15. The Morgan fingerprint density at radius 1 is 1.00 bits per heavy atom. The summed E-state index contributed by atoms with van der Waals surface area (Å²) in [6, 6.07) is -0.381. The normalized spacial score (nSPS) is 12.6. The van der Waals surface area contributed by atoms with Crippen LogP contribution in [0, 0.1) is 10.1 Å². The first-order chi connectivity index (χ1) is 11.1. The van der Waals surface area contributed by atoms with Crippen LogP contribution in [0.4, 0.5) is 0 Å². The lowest BCUT2D eigenvalue weighted by molar-refractivity contribution is -0.524. The maximum Gasteiger partial charge on any atom is 0.327 e. The maximum absolute atomic E-state index is 11.1. The monoisotopic (exact) mass is 327 g/mol. The van der Waals surface area contributed by atoms with Gasteiger partial charge in [0.05, 0.1) is 0 Å². The molecule has 1 N–H and O–H groups in total. The van der Waals surface area contributed by atoms with Gasteiger partial charge in [0.25, 0.3) is 0 Å². The van der Waals surface area contributed by atoms with Crippen LogP contribution in [-0.4, -0.2) is 22.0 Å². The second-order valence-electron chi connectivity index (χ2n) is 6.23. The molecule has 0 aliphatic carbocycles. The van der Waals surface area contributed by atoms with Crippen LogP contribution >= 0.6 is 0 Å². The molecule has 0 aromatic carbocycles. The van der Waals surface area contributed by atoms with E-state index in [1.807, 2.05) is 0 Å². The Morgan fingerprint density at radius 2 is 1.52 bits per heavy atom. The van der Waals surface area contributed by atoms with Gasteiger partial charge < -0.3 is 5.11 Å². The zero-order chi connectivity index (χ0) is 17.3. The van der Waals surface area contributed by atoms with Crippen LogP contribution in [0.15, 0.2) is 12.2 Å². The maximum atomic E-state index is 11.1. The number of allylic oxidation sites excluding steroid dienone is 1. The third kappa shape index (κ3) is 15.3. The van der Waals surface area contributed by atoms with Crippen molar-refractivity contribution in [3.63, 3.8) is 0 Å². The summed E-state index contributed by atoms with van der Waals surface area (Å²) in [6.07, 6.45) is 15.8. The lowest BCUT2D eigenvalue weighted by Crippen LogP contribution is -2.19. The van der Waals surface area contributed by atoms with E-state index in [9.17, 15) is 14.9 Å². The smallest absolute Gasteiger partial charge is 0.327 e. The van der Waals surface area contributed by atoms with Gasteiger partial charge in [-0.05, 0) is 25.7 Å². The first kappa shape index (κ1) is 21.6. The molecule has 0 saturated heterocycles. The first-order valence-electron chi connectivity index (χ1n) is 9.10. The quantitative estimate of drug-likeness (QED) is 0.179. The van der Waals surface area contributed by atoms with Crippen molar-refractivity contribution in [3.8, 4) is 0 Å². The minimum absolute atomic E-state index is 0.109. The summed E-state index contributed by atoms with van der Waals surface area (Å²) in [7, 11) is 0. The molecule has 1 unspecified atom stereocenters. The van der Waals surface area contributed by atoms with Crippen LogP contribution in [0.1, 0.15) is 90.4 Å². The number of carboxylic acids is 1. The third-order valence-electron chi connectivity index (χ3n) is 4.11. The largest absolute Gasteiger partial charge is 0.478 e. The zero-order valence-electron chi connectivity index (χ0n) is 14.5. The van der Waals surface area contributed by atoms with Crippen molar-refractivity contribution in [3.05, 3.63) is 22.3 Å². The van der Waals surface area contributed by atoms with Gasteiger partial charge in [-0.15, -0.1) is 0 Å². The second-order valence-corrected chi connectivity index (χ2v) is 6.23. The van der Waals surface area contributed by atoms with Crippen LogP contribution in [0.2, 0.25) is 0 Å². The lowest BCUT2D eigenvalue weighted by atomic mass is 10.0. The molecule has 0 fully saturated rings. The molecule has 0 rings (SSSR count). The van der Waals surface area contributed by atoms with Gasteiger partial charge in [-0.25, -0.2) is 4.79 Å². The minimum atomic E-state index is -0.909. The van der Waals surface area contributed by atoms with Gasteiger partial charge in [0.1, 0.15) is 0 Å². The number of carboxylic acid groups (broad SMARTS) is 1. The van der Waals surface area contributed by atoms with Gasteiger partial charge in [0.15, 0.2) is 0 Å². The summed E-state index contributed by atoms with van der Waals surface area (Å²) < 4.78 is 0. The number of hydrogen-bond acceptors (Lipinski definition) is 3. The molecule has 0 spiro atoms. The van der Waals surface area contributed by atoms with Gasteiger partial charge in [0, 0.05) is 23.8 Å². The van der Waals surface area contributed by atoms with E-state index in [-0.39, 0.29) is 11.0 Å². The van der Waals surface area contributed by atoms with Crippen molar-refractivity contribution in [2.24, 2.45) is 0 Å². The molecule has 1 atom stereocenters. The van der Waals surface area contributed by atoms with E-state index in [1.165, 1.54) is 31.8 Å². The Balaban J connectivity index is 3.60. The van der Waals surface area contributed by atoms with E-state index < -0.39 is 5.97 Å². The highest BCUT2D eigenvalue weighted by molar-refractivity contribution is 5.79. The summed E-state index contributed by atoms with van der Waals surface area (Å²) in [6.45, 7) is 2.19. The van der Waals surface area contributed by atoms with Crippen molar-refractivity contribution in [1.82, 2.24) is 0 Å². The van der Waals surface area contributed by atoms with Crippen LogP contribution in [0.25, 0.3) is 0 Å². The molecule has 0 radical (unpaired) electrons. The number of hydrogen-bond donors (Lipinski definition) is 1. The zero-order valence-corrected chi connectivity index (χ0v) is 14.5. The summed E-state index contributed by atoms with van der Waals surface area (Å²) in [5.41, 5.74) is 0. The van der Waals surface area contributed by atoms with E-state index in [2.05, 4.69) is 6.92 Å². The fourth-order valence-corrected chi connectivity index (χ4v) is 2.70. The van der Waals surface area contributed by atoms with E-state index in [4.69, 9.17) is 5.11 Å². The van der Waals surface area contributed by atoms with Crippen molar-refractivity contribution in [2.45, 2.75) is 96.4 Å². The van der Waals surface area contributed by atoms with Crippen molar-refractivity contribution in [2.75, 3.05) is 0 Å². The molecule has 0 amide bonds. The number of unbranched alkanes of at least 4 members (excludes halogenated alkanes) is 9. The fourth-order valence-electron chi connectivity index (χ4n) is 2.70. The Labute approximate surface area is 140 Å². The van der Waals surface area contributed by atoms with Gasteiger partial charge in [0.2, 0.25) is 6.04 Å². The summed E-state index contributed by atoms with van der Waals surface area (Å²) in [5.74, 6) is -0.909. The SMILES string of the molecule is CCCCCCCCC(CCCCCCC=CC(=O)O)[N+](=O)[O-]. The number of rotatable bonds is 16. The van der Waals surface area contributed by atoms with E-state index in [1.54, 1.807) is 6.08 Å². The highest BCUT2D eigenvalue weighted by Gasteiger charge is 2.18.